The molecule has 0 N–H and O–H groups in total. The molecule has 0 radical (unpaired) electrons. The van der Waals surface area contributed by atoms with Crippen LogP contribution in [0.15, 0.2) is 249 Å². The van der Waals surface area contributed by atoms with Crippen molar-refractivity contribution in [3.05, 3.63) is 249 Å². The molecule has 300 valence electrons. The van der Waals surface area contributed by atoms with Gasteiger partial charge in [-0.1, -0.05) is 194 Å². The summed E-state index contributed by atoms with van der Waals surface area (Å²) in [4.78, 5) is 2.43. The summed E-state index contributed by atoms with van der Waals surface area (Å²) in [6, 6.07) is 91.0. The van der Waals surface area contributed by atoms with Crippen LogP contribution in [-0.4, -0.2) is 0 Å². The Morgan fingerprint density at radius 1 is 0.250 bits per heavy atom. The molecule has 0 aliphatic heterocycles. The average molecular weight is 832 g/mol. The Bertz CT molecular complexity index is 3670. The van der Waals surface area contributed by atoms with Gasteiger partial charge in [0.2, 0.25) is 0 Å². The summed E-state index contributed by atoms with van der Waals surface area (Å²) in [5, 5.41) is 7.61. The van der Waals surface area contributed by atoms with Crippen LogP contribution >= 0.6 is 11.3 Å². The van der Waals surface area contributed by atoms with E-state index in [-0.39, 0.29) is 0 Å². The van der Waals surface area contributed by atoms with Crippen molar-refractivity contribution in [3.63, 3.8) is 0 Å². The van der Waals surface area contributed by atoms with Gasteiger partial charge >= 0.3 is 0 Å². The van der Waals surface area contributed by atoms with Crippen LogP contribution in [-0.2, 0) is 0 Å². The lowest BCUT2D eigenvalue weighted by Crippen LogP contribution is -2.11. The van der Waals surface area contributed by atoms with Gasteiger partial charge < -0.3 is 4.90 Å². The van der Waals surface area contributed by atoms with Crippen LogP contribution in [0.3, 0.4) is 0 Å². The minimum atomic E-state index is 1.09. The number of nitrogens with zero attached hydrogens (tertiary/aromatic N) is 1. The first-order valence-corrected chi connectivity index (χ1v) is 22.7. The Balaban J connectivity index is 0.971. The molecule has 0 bridgehead atoms. The number of hydrogen-bond acceptors (Lipinski definition) is 2. The summed E-state index contributed by atoms with van der Waals surface area (Å²) in [7, 11) is 0. The van der Waals surface area contributed by atoms with Crippen molar-refractivity contribution in [2.45, 2.75) is 0 Å². The zero-order chi connectivity index (χ0) is 42.4. The lowest BCUT2D eigenvalue weighted by atomic mass is 9.93. The molecule has 0 aliphatic rings. The highest BCUT2D eigenvalue weighted by Crippen LogP contribution is 2.45. The lowest BCUT2D eigenvalue weighted by molar-refractivity contribution is 1.28. The molecule has 12 rings (SSSR count). The van der Waals surface area contributed by atoms with Crippen LogP contribution in [0.4, 0.5) is 17.1 Å². The van der Waals surface area contributed by atoms with Gasteiger partial charge in [0.25, 0.3) is 0 Å². The maximum Gasteiger partial charge on any atom is 0.0540 e. The number of hydrogen-bond donors (Lipinski definition) is 0. The number of anilines is 3. The molecule has 0 spiro atoms. The second kappa shape index (κ2) is 16.0. The smallest absolute Gasteiger partial charge is 0.0540 e. The minimum absolute atomic E-state index is 1.09. The quantitative estimate of drug-likeness (QED) is 0.147. The second-order valence-electron chi connectivity index (χ2n) is 16.5. The molecule has 0 fully saturated rings. The van der Waals surface area contributed by atoms with E-state index in [1.165, 1.54) is 91.8 Å². The van der Waals surface area contributed by atoms with Crippen LogP contribution < -0.4 is 4.90 Å². The normalized spacial score (nSPS) is 11.4. The van der Waals surface area contributed by atoms with Crippen molar-refractivity contribution in [1.29, 1.82) is 0 Å². The summed E-state index contributed by atoms with van der Waals surface area (Å²) in [6.45, 7) is 0. The van der Waals surface area contributed by atoms with Crippen molar-refractivity contribution in [2.24, 2.45) is 0 Å². The molecule has 1 aromatic heterocycles. The van der Waals surface area contributed by atoms with Crippen molar-refractivity contribution in [2.75, 3.05) is 4.90 Å². The highest BCUT2D eigenvalue weighted by Gasteiger charge is 2.20. The van der Waals surface area contributed by atoms with Gasteiger partial charge in [-0.15, -0.1) is 11.3 Å². The Labute approximate surface area is 377 Å². The topological polar surface area (TPSA) is 3.24 Å². The van der Waals surface area contributed by atoms with E-state index in [0.29, 0.717) is 0 Å². The van der Waals surface area contributed by atoms with E-state index in [0.717, 1.165) is 22.6 Å². The maximum atomic E-state index is 2.43. The largest absolute Gasteiger partial charge is 0.310 e. The first-order valence-electron chi connectivity index (χ1n) is 21.9. The van der Waals surface area contributed by atoms with Crippen LogP contribution in [0.1, 0.15) is 0 Å². The molecule has 1 heterocycles. The average Bonchev–Trinajstić information content (AvgIpc) is 3.75. The van der Waals surface area contributed by atoms with Gasteiger partial charge in [0.1, 0.15) is 0 Å². The number of para-hydroxylation sites is 1. The standard InChI is InChI=1S/C62H41NS/c1-2-15-47-39-49(32-29-42(47)13-1)56-21-6-5-20-55(56)48-17-11-18-52(40-48)63(60-25-9-7-22-57(60)50-35-38-62-59(41-50)58-23-8-10-26-61(58)64-62)51-36-33-44(34-37-51)43-27-30-46(31-28-43)54-24-12-16-45-14-3-4-19-53(45)54/h1-41H. The van der Waals surface area contributed by atoms with Gasteiger partial charge in [0, 0.05) is 37.1 Å². The minimum Gasteiger partial charge on any atom is -0.310 e. The Kier molecular flexibility index (Phi) is 9.43. The Hall–Kier alpha value is -8.04. The maximum absolute atomic E-state index is 2.43. The number of rotatable bonds is 8. The number of benzene rings is 11. The SMILES string of the molecule is c1cc(-c2ccccc2-c2ccc3ccccc3c2)cc(N(c2ccc(-c3ccc(-c4cccc5ccccc45)cc3)cc2)c2ccccc2-c2ccc3sc4ccccc4c3c2)c1. The second-order valence-corrected chi connectivity index (χ2v) is 17.6. The zero-order valence-electron chi connectivity index (χ0n) is 35.0. The first kappa shape index (κ1) is 37.7. The molecular formula is C62H41NS. The summed E-state index contributed by atoms with van der Waals surface area (Å²) < 4.78 is 2.62. The van der Waals surface area contributed by atoms with E-state index < -0.39 is 0 Å². The molecule has 11 aromatic carbocycles. The van der Waals surface area contributed by atoms with E-state index in [1.807, 2.05) is 11.3 Å². The fourth-order valence-electron chi connectivity index (χ4n) is 9.51. The molecule has 0 unspecified atom stereocenters. The van der Waals surface area contributed by atoms with E-state index in [9.17, 15) is 0 Å². The van der Waals surface area contributed by atoms with E-state index in [2.05, 4.69) is 254 Å². The molecule has 12 aromatic rings. The number of fused-ring (bicyclic) bond motifs is 5. The van der Waals surface area contributed by atoms with Gasteiger partial charge in [0.05, 0.1) is 5.69 Å². The molecule has 1 nitrogen and oxygen atoms in total. The van der Waals surface area contributed by atoms with Gasteiger partial charge in [-0.05, 0) is 126 Å². The van der Waals surface area contributed by atoms with Crippen molar-refractivity contribution in [3.8, 4) is 55.6 Å². The van der Waals surface area contributed by atoms with Gasteiger partial charge in [-0.2, -0.15) is 0 Å². The molecule has 0 saturated carbocycles. The number of thiophene rings is 1. The van der Waals surface area contributed by atoms with Gasteiger partial charge in [-0.3, -0.25) is 0 Å². The predicted molar refractivity (Wildman–Crippen MR) is 276 cm³/mol. The third-order valence-corrected chi connectivity index (χ3v) is 13.8. The van der Waals surface area contributed by atoms with Gasteiger partial charge in [-0.25, -0.2) is 0 Å². The third-order valence-electron chi connectivity index (χ3n) is 12.7. The lowest BCUT2D eigenvalue weighted by Gasteiger charge is -2.28. The van der Waals surface area contributed by atoms with Crippen LogP contribution in [0.5, 0.6) is 0 Å². The fraction of sp³-hybridized carbons (Fsp3) is 0. The van der Waals surface area contributed by atoms with Crippen LogP contribution in [0, 0.1) is 0 Å². The van der Waals surface area contributed by atoms with Gasteiger partial charge in [0.15, 0.2) is 0 Å². The molecule has 2 heteroatoms. The van der Waals surface area contributed by atoms with Crippen molar-refractivity contribution < 1.29 is 0 Å². The van der Waals surface area contributed by atoms with Crippen molar-refractivity contribution >= 4 is 70.1 Å². The highest BCUT2D eigenvalue weighted by molar-refractivity contribution is 7.25. The molecule has 0 atom stereocenters. The molecule has 0 saturated heterocycles. The summed E-state index contributed by atoms with van der Waals surface area (Å²) in [5.74, 6) is 0. The van der Waals surface area contributed by atoms with Crippen LogP contribution in [0.2, 0.25) is 0 Å². The Morgan fingerprint density at radius 2 is 0.781 bits per heavy atom. The highest BCUT2D eigenvalue weighted by atomic mass is 32.1. The summed E-state index contributed by atoms with van der Waals surface area (Å²) >= 11 is 1.86. The zero-order valence-corrected chi connectivity index (χ0v) is 35.8. The third kappa shape index (κ3) is 6.82. The summed E-state index contributed by atoms with van der Waals surface area (Å²) in [6.07, 6.45) is 0. The summed E-state index contributed by atoms with van der Waals surface area (Å²) in [5.41, 5.74) is 15.3. The van der Waals surface area contributed by atoms with Crippen molar-refractivity contribution in [1.82, 2.24) is 0 Å². The Morgan fingerprint density at radius 3 is 1.59 bits per heavy atom. The van der Waals surface area contributed by atoms with Crippen LogP contribution in [0.25, 0.3) is 97.4 Å². The first-order chi connectivity index (χ1) is 31.7. The monoisotopic (exact) mass is 831 g/mol. The molecular weight excluding hydrogens is 791 g/mol. The van der Waals surface area contributed by atoms with E-state index in [4.69, 9.17) is 0 Å². The van der Waals surface area contributed by atoms with E-state index >= 15 is 0 Å². The van der Waals surface area contributed by atoms with E-state index in [1.54, 1.807) is 0 Å². The molecule has 0 aliphatic carbocycles. The molecule has 64 heavy (non-hydrogen) atoms. The predicted octanol–water partition coefficient (Wildman–Crippen LogP) is 18.2. The molecule has 0 amide bonds. The fourth-order valence-corrected chi connectivity index (χ4v) is 10.6.